The first-order chi connectivity index (χ1) is 8.24. The lowest BCUT2D eigenvalue weighted by Gasteiger charge is -2.33. The van der Waals surface area contributed by atoms with E-state index in [4.69, 9.17) is 27.9 Å². The zero-order valence-corrected chi connectivity index (χ0v) is 11.3. The average molecular weight is 275 g/mol. The van der Waals surface area contributed by atoms with Crippen molar-refractivity contribution in [1.29, 1.82) is 0 Å². The molecule has 0 amide bonds. The zero-order valence-electron chi connectivity index (χ0n) is 9.83. The Kier molecular flexibility index (Phi) is 4.48. The summed E-state index contributed by atoms with van der Waals surface area (Å²) < 4.78 is 5.63. The van der Waals surface area contributed by atoms with Crippen molar-refractivity contribution in [2.75, 3.05) is 24.6 Å². The second-order valence-corrected chi connectivity index (χ2v) is 4.80. The monoisotopic (exact) mass is 274 g/mol. The maximum absolute atomic E-state index is 6.23. The van der Waals surface area contributed by atoms with Crippen molar-refractivity contribution in [1.82, 2.24) is 4.98 Å². The third-order valence-corrected chi connectivity index (χ3v) is 3.51. The van der Waals surface area contributed by atoms with Gasteiger partial charge in [0.25, 0.3) is 0 Å². The summed E-state index contributed by atoms with van der Waals surface area (Å²) in [6.07, 6.45) is 3.06. The Morgan fingerprint density at radius 3 is 3.06 bits per heavy atom. The van der Waals surface area contributed by atoms with Crippen LogP contribution in [0.4, 0.5) is 5.82 Å². The lowest BCUT2D eigenvalue weighted by molar-refractivity contribution is 0.0382. The van der Waals surface area contributed by atoms with Gasteiger partial charge in [-0.15, -0.1) is 11.6 Å². The molecule has 1 fully saturated rings. The fourth-order valence-corrected chi connectivity index (χ4v) is 2.39. The number of anilines is 1. The van der Waals surface area contributed by atoms with E-state index < -0.39 is 0 Å². The molecular formula is C12H16Cl2N2O. The van der Waals surface area contributed by atoms with Gasteiger partial charge < -0.3 is 9.64 Å². The second kappa shape index (κ2) is 5.89. The van der Waals surface area contributed by atoms with E-state index in [2.05, 4.69) is 16.8 Å². The minimum absolute atomic E-state index is 0.273. The summed E-state index contributed by atoms with van der Waals surface area (Å²) in [6, 6.07) is 1.88. The van der Waals surface area contributed by atoms with E-state index in [1.807, 2.05) is 6.07 Å². The number of hydrogen-bond donors (Lipinski definition) is 0. The quantitative estimate of drug-likeness (QED) is 0.793. The summed E-state index contributed by atoms with van der Waals surface area (Å²) in [5.74, 6) is 1.27. The highest BCUT2D eigenvalue weighted by Crippen LogP contribution is 2.26. The molecule has 0 spiro atoms. The average Bonchev–Trinajstić information content (AvgIpc) is 2.38. The molecule has 1 aromatic rings. The zero-order chi connectivity index (χ0) is 12.3. The van der Waals surface area contributed by atoms with E-state index >= 15 is 0 Å². The van der Waals surface area contributed by atoms with Crippen molar-refractivity contribution < 1.29 is 4.74 Å². The highest BCUT2D eigenvalue weighted by Gasteiger charge is 2.21. The number of ether oxygens (including phenoxy) is 1. The molecular weight excluding hydrogens is 259 g/mol. The van der Waals surface area contributed by atoms with Crippen molar-refractivity contribution in [3.05, 3.63) is 22.8 Å². The smallest absolute Gasteiger partial charge is 0.147 e. The summed E-state index contributed by atoms with van der Waals surface area (Å²) in [6.45, 7) is 4.54. The lowest BCUT2D eigenvalue weighted by atomic mass is 10.2. The maximum Gasteiger partial charge on any atom is 0.147 e. The summed E-state index contributed by atoms with van der Waals surface area (Å²) in [5.41, 5.74) is 0.945. The van der Waals surface area contributed by atoms with Gasteiger partial charge in [-0.25, -0.2) is 4.98 Å². The molecule has 2 rings (SSSR count). The molecule has 17 heavy (non-hydrogen) atoms. The van der Waals surface area contributed by atoms with Gasteiger partial charge in [-0.05, 0) is 18.1 Å². The molecule has 1 aliphatic heterocycles. The van der Waals surface area contributed by atoms with Crippen LogP contribution in [0.3, 0.4) is 0 Å². The molecule has 0 saturated carbocycles. The lowest BCUT2D eigenvalue weighted by Crippen LogP contribution is -2.42. The van der Waals surface area contributed by atoms with E-state index in [-0.39, 0.29) is 6.10 Å². The molecule has 0 bridgehead atoms. The maximum atomic E-state index is 6.23. The molecule has 0 radical (unpaired) electrons. The summed E-state index contributed by atoms with van der Waals surface area (Å²) >= 11 is 12.0. The van der Waals surface area contributed by atoms with E-state index in [0.29, 0.717) is 10.9 Å². The molecule has 3 nitrogen and oxygen atoms in total. The number of morpholine rings is 1. The van der Waals surface area contributed by atoms with E-state index in [1.165, 1.54) is 0 Å². The normalized spacial score (nSPS) is 20.6. The molecule has 1 saturated heterocycles. The van der Waals surface area contributed by atoms with Gasteiger partial charge in [0.05, 0.1) is 17.7 Å². The van der Waals surface area contributed by atoms with Crippen molar-refractivity contribution in [3.63, 3.8) is 0 Å². The first-order valence-electron chi connectivity index (χ1n) is 5.81. The van der Waals surface area contributed by atoms with Gasteiger partial charge in [0, 0.05) is 25.2 Å². The van der Waals surface area contributed by atoms with Gasteiger partial charge in [0.15, 0.2) is 0 Å². The number of alkyl halides is 1. The predicted octanol–water partition coefficient (Wildman–Crippen LogP) is 3.09. The first kappa shape index (κ1) is 12.9. The van der Waals surface area contributed by atoms with Crippen molar-refractivity contribution in [2.45, 2.75) is 25.3 Å². The number of halogens is 2. The highest BCUT2D eigenvalue weighted by molar-refractivity contribution is 6.33. The van der Waals surface area contributed by atoms with E-state index in [1.54, 1.807) is 6.20 Å². The molecule has 94 valence electrons. The van der Waals surface area contributed by atoms with Crippen molar-refractivity contribution in [3.8, 4) is 0 Å². The van der Waals surface area contributed by atoms with Crippen LogP contribution in [0.15, 0.2) is 12.3 Å². The van der Waals surface area contributed by atoms with Gasteiger partial charge in [0.2, 0.25) is 0 Å². The molecule has 1 aromatic heterocycles. The van der Waals surface area contributed by atoms with Crippen LogP contribution in [0.5, 0.6) is 0 Å². The Balaban J connectivity index is 2.16. The molecule has 1 unspecified atom stereocenters. The predicted molar refractivity (Wildman–Crippen MR) is 71.0 cm³/mol. The number of aromatic nitrogens is 1. The van der Waals surface area contributed by atoms with Crippen LogP contribution >= 0.6 is 23.2 Å². The Labute approximate surface area is 112 Å². The SMILES string of the molecule is CCC1CN(c2ncc(CCl)cc2Cl)CCO1. The van der Waals surface area contributed by atoms with Crippen LogP contribution in [0.25, 0.3) is 0 Å². The highest BCUT2D eigenvalue weighted by atomic mass is 35.5. The largest absolute Gasteiger partial charge is 0.375 e. The Morgan fingerprint density at radius 2 is 2.41 bits per heavy atom. The van der Waals surface area contributed by atoms with Crippen molar-refractivity contribution >= 4 is 29.0 Å². The van der Waals surface area contributed by atoms with Crippen LogP contribution in [0.1, 0.15) is 18.9 Å². The minimum atomic E-state index is 0.273. The molecule has 2 heterocycles. The van der Waals surface area contributed by atoms with Crippen LogP contribution in [0.2, 0.25) is 5.02 Å². The van der Waals surface area contributed by atoms with Crippen LogP contribution in [-0.4, -0.2) is 30.8 Å². The van der Waals surface area contributed by atoms with Gasteiger partial charge in [-0.1, -0.05) is 18.5 Å². The summed E-state index contributed by atoms with van der Waals surface area (Å²) in [4.78, 5) is 6.57. The second-order valence-electron chi connectivity index (χ2n) is 4.13. The van der Waals surface area contributed by atoms with Gasteiger partial charge in [-0.2, -0.15) is 0 Å². The van der Waals surface area contributed by atoms with Gasteiger partial charge >= 0.3 is 0 Å². The van der Waals surface area contributed by atoms with Crippen LogP contribution in [0, 0.1) is 0 Å². The fraction of sp³-hybridized carbons (Fsp3) is 0.583. The summed E-state index contributed by atoms with van der Waals surface area (Å²) in [7, 11) is 0. The topological polar surface area (TPSA) is 25.4 Å². The first-order valence-corrected chi connectivity index (χ1v) is 6.72. The van der Waals surface area contributed by atoms with E-state index in [9.17, 15) is 0 Å². The fourth-order valence-electron chi connectivity index (χ4n) is 1.93. The van der Waals surface area contributed by atoms with Gasteiger partial charge in [-0.3, -0.25) is 0 Å². The number of rotatable bonds is 3. The van der Waals surface area contributed by atoms with Gasteiger partial charge in [0.1, 0.15) is 5.82 Å². The Bertz CT molecular complexity index is 387. The molecule has 0 aliphatic carbocycles. The third-order valence-electron chi connectivity index (χ3n) is 2.93. The Hall–Kier alpha value is -0.510. The van der Waals surface area contributed by atoms with Crippen molar-refractivity contribution in [2.24, 2.45) is 0 Å². The molecule has 0 aromatic carbocycles. The number of nitrogens with zero attached hydrogens (tertiary/aromatic N) is 2. The van der Waals surface area contributed by atoms with Crippen LogP contribution in [-0.2, 0) is 10.6 Å². The number of hydrogen-bond acceptors (Lipinski definition) is 3. The molecule has 0 N–H and O–H groups in total. The van der Waals surface area contributed by atoms with E-state index in [0.717, 1.165) is 37.5 Å². The molecule has 1 aliphatic rings. The molecule has 1 atom stereocenters. The summed E-state index contributed by atoms with van der Waals surface area (Å²) in [5, 5.41) is 0.667. The third kappa shape index (κ3) is 3.03. The number of pyridine rings is 1. The molecule has 5 heteroatoms. The Morgan fingerprint density at radius 1 is 1.59 bits per heavy atom. The van der Waals surface area contributed by atoms with Crippen LogP contribution < -0.4 is 4.90 Å². The minimum Gasteiger partial charge on any atom is -0.375 e. The standard InChI is InChI=1S/C12H16Cl2N2O/c1-2-10-8-16(3-4-17-10)12-11(14)5-9(6-13)7-15-12/h5,7,10H,2-4,6,8H2,1H3.